The van der Waals surface area contributed by atoms with Crippen LogP contribution in [-0.2, 0) is 0 Å². The number of carbonyl (C=O) groups excluding carboxylic acids is 1. The maximum atomic E-state index is 11.0. The highest BCUT2D eigenvalue weighted by atomic mass is 79.9. The molecule has 0 atom stereocenters. The van der Waals surface area contributed by atoms with E-state index in [0.717, 1.165) is 10.2 Å². The van der Waals surface area contributed by atoms with Crippen LogP contribution < -0.4 is 16.8 Å². The third kappa shape index (κ3) is 3.19. The first-order valence-corrected chi connectivity index (χ1v) is 6.56. The summed E-state index contributed by atoms with van der Waals surface area (Å²) in [5.74, 6) is -0.514. The number of benzene rings is 2. The third-order valence-corrected chi connectivity index (χ3v) is 3.34. The molecule has 98 valence electrons. The smallest absolute Gasteiger partial charge is 0.248 e. The minimum atomic E-state index is -0.514. The summed E-state index contributed by atoms with van der Waals surface area (Å²) in [5, 5.41) is 3.67. The molecule has 6 heteroatoms. The molecule has 1 amide bonds. The van der Waals surface area contributed by atoms with Gasteiger partial charge < -0.3 is 16.8 Å². The van der Waals surface area contributed by atoms with E-state index < -0.39 is 5.91 Å². The molecule has 4 nitrogen and oxygen atoms in total. The van der Waals surface area contributed by atoms with Gasteiger partial charge in [-0.05, 0) is 36.4 Å². The largest absolute Gasteiger partial charge is 0.397 e. The highest BCUT2D eigenvalue weighted by Crippen LogP contribution is 2.30. The van der Waals surface area contributed by atoms with Crippen LogP contribution in [0.5, 0.6) is 0 Å². The predicted octanol–water partition coefficient (Wildman–Crippen LogP) is 3.53. The van der Waals surface area contributed by atoms with Crippen LogP contribution in [-0.4, -0.2) is 5.91 Å². The van der Waals surface area contributed by atoms with E-state index in [2.05, 4.69) is 21.2 Å². The molecule has 0 aliphatic carbocycles. The van der Waals surface area contributed by atoms with Gasteiger partial charge in [-0.15, -0.1) is 0 Å². The van der Waals surface area contributed by atoms with Crippen molar-refractivity contribution in [1.82, 2.24) is 0 Å². The van der Waals surface area contributed by atoms with Crippen LogP contribution in [0.4, 0.5) is 17.1 Å². The number of nitrogens with one attached hydrogen (secondary N) is 1. The average molecular weight is 341 g/mol. The molecule has 0 saturated carbocycles. The molecule has 0 fully saturated rings. The van der Waals surface area contributed by atoms with Crippen molar-refractivity contribution in [3.8, 4) is 0 Å². The van der Waals surface area contributed by atoms with Gasteiger partial charge in [-0.25, -0.2) is 0 Å². The summed E-state index contributed by atoms with van der Waals surface area (Å²) < 4.78 is 0.889. The van der Waals surface area contributed by atoms with E-state index in [0.29, 0.717) is 22.0 Å². The second kappa shape index (κ2) is 5.50. The molecular weight excluding hydrogens is 330 g/mol. The average Bonchev–Trinajstić information content (AvgIpc) is 2.34. The quantitative estimate of drug-likeness (QED) is 0.748. The van der Waals surface area contributed by atoms with Gasteiger partial charge in [0.15, 0.2) is 0 Å². The van der Waals surface area contributed by atoms with Crippen LogP contribution in [0.2, 0.25) is 5.02 Å². The molecule has 0 unspecified atom stereocenters. The molecule has 5 N–H and O–H groups in total. The fourth-order valence-electron chi connectivity index (χ4n) is 1.57. The summed E-state index contributed by atoms with van der Waals surface area (Å²) in [4.78, 5) is 11.0. The molecule has 0 bridgehead atoms. The van der Waals surface area contributed by atoms with Gasteiger partial charge in [0.25, 0.3) is 0 Å². The van der Waals surface area contributed by atoms with Crippen molar-refractivity contribution >= 4 is 50.5 Å². The Balaban J connectivity index is 2.31. The maximum absolute atomic E-state index is 11.0. The third-order valence-electron chi connectivity index (χ3n) is 2.54. The lowest BCUT2D eigenvalue weighted by atomic mass is 10.1. The van der Waals surface area contributed by atoms with Gasteiger partial charge in [0.1, 0.15) is 0 Å². The molecule has 0 heterocycles. The fourth-order valence-corrected chi connectivity index (χ4v) is 2.29. The Kier molecular flexibility index (Phi) is 3.97. The number of hydrogen-bond donors (Lipinski definition) is 3. The van der Waals surface area contributed by atoms with E-state index in [-0.39, 0.29) is 0 Å². The zero-order valence-corrected chi connectivity index (χ0v) is 12.1. The first-order valence-electron chi connectivity index (χ1n) is 5.39. The summed E-state index contributed by atoms with van der Waals surface area (Å²) in [5.41, 5.74) is 13.2. The van der Waals surface area contributed by atoms with E-state index in [9.17, 15) is 4.79 Å². The van der Waals surface area contributed by atoms with E-state index in [4.69, 9.17) is 23.1 Å². The SMILES string of the molecule is NC(=O)c1ccc(Nc2ccc(Br)cc2Cl)c(N)c1. The van der Waals surface area contributed by atoms with Crippen molar-refractivity contribution in [2.24, 2.45) is 5.73 Å². The molecule has 0 radical (unpaired) electrons. The number of nitrogens with two attached hydrogens (primary N) is 2. The number of nitrogen functional groups attached to an aromatic ring is 1. The summed E-state index contributed by atoms with van der Waals surface area (Å²) in [6, 6.07) is 10.3. The first kappa shape index (κ1) is 13.7. The second-order valence-corrected chi connectivity index (χ2v) is 5.24. The fraction of sp³-hybridized carbons (Fsp3) is 0. The maximum Gasteiger partial charge on any atom is 0.248 e. The number of anilines is 3. The van der Waals surface area contributed by atoms with E-state index >= 15 is 0 Å². The Morgan fingerprint density at radius 3 is 2.42 bits per heavy atom. The summed E-state index contributed by atoms with van der Waals surface area (Å²) in [6.07, 6.45) is 0. The zero-order chi connectivity index (χ0) is 14.0. The molecular formula is C13H11BrClN3O. The highest BCUT2D eigenvalue weighted by Gasteiger charge is 2.07. The monoisotopic (exact) mass is 339 g/mol. The van der Waals surface area contributed by atoms with Gasteiger partial charge in [-0.2, -0.15) is 0 Å². The van der Waals surface area contributed by atoms with Crippen molar-refractivity contribution < 1.29 is 4.79 Å². The van der Waals surface area contributed by atoms with Gasteiger partial charge in [0.2, 0.25) is 5.91 Å². The minimum absolute atomic E-state index is 0.366. The van der Waals surface area contributed by atoms with E-state index in [1.165, 1.54) is 6.07 Å². The molecule has 0 saturated heterocycles. The molecule has 2 aromatic rings. The van der Waals surface area contributed by atoms with Crippen molar-refractivity contribution in [2.75, 3.05) is 11.1 Å². The van der Waals surface area contributed by atoms with Crippen molar-refractivity contribution in [3.63, 3.8) is 0 Å². The van der Waals surface area contributed by atoms with Crippen molar-refractivity contribution in [3.05, 3.63) is 51.5 Å². The van der Waals surface area contributed by atoms with Crippen LogP contribution >= 0.6 is 27.5 Å². The Hall–Kier alpha value is -1.72. The number of hydrogen-bond acceptors (Lipinski definition) is 3. The lowest BCUT2D eigenvalue weighted by Gasteiger charge is -2.11. The van der Waals surface area contributed by atoms with Gasteiger partial charge in [0, 0.05) is 10.0 Å². The Morgan fingerprint density at radius 2 is 1.84 bits per heavy atom. The Morgan fingerprint density at radius 1 is 1.16 bits per heavy atom. The molecule has 2 rings (SSSR count). The Labute approximate surface area is 123 Å². The van der Waals surface area contributed by atoms with Crippen molar-refractivity contribution in [2.45, 2.75) is 0 Å². The number of rotatable bonds is 3. The van der Waals surface area contributed by atoms with Crippen molar-refractivity contribution in [1.29, 1.82) is 0 Å². The number of amides is 1. The molecule has 0 aliphatic rings. The molecule has 19 heavy (non-hydrogen) atoms. The van der Waals surface area contributed by atoms with Gasteiger partial charge >= 0.3 is 0 Å². The molecule has 0 spiro atoms. The second-order valence-electron chi connectivity index (χ2n) is 3.92. The summed E-state index contributed by atoms with van der Waals surface area (Å²) in [6.45, 7) is 0. The normalized spacial score (nSPS) is 10.2. The lowest BCUT2D eigenvalue weighted by Crippen LogP contribution is -2.11. The van der Waals surface area contributed by atoms with E-state index in [1.54, 1.807) is 18.2 Å². The zero-order valence-electron chi connectivity index (χ0n) is 9.78. The van der Waals surface area contributed by atoms with Gasteiger partial charge in [0.05, 0.1) is 22.1 Å². The number of carbonyl (C=O) groups is 1. The molecule has 2 aromatic carbocycles. The molecule has 0 aromatic heterocycles. The Bertz CT molecular complexity index is 646. The minimum Gasteiger partial charge on any atom is -0.397 e. The first-order chi connectivity index (χ1) is 8.97. The van der Waals surface area contributed by atoms with Crippen LogP contribution in [0.1, 0.15) is 10.4 Å². The number of primary amides is 1. The highest BCUT2D eigenvalue weighted by molar-refractivity contribution is 9.10. The lowest BCUT2D eigenvalue weighted by molar-refractivity contribution is 0.100. The standard InChI is InChI=1S/C13H11BrClN3O/c14-8-2-4-11(9(15)6-8)18-12-3-1-7(13(17)19)5-10(12)16/h1-6,18H,16H2,(H2,17,19). The number of halogens is 2. The summed E-state index contributed by atoms with van der Waals surface area (Å²) >= 11 is 9.44. The van der Waals surface area contributed by atoms with Crippen LogP contribution in [0, 0.1) is 0 Å². The van der Waals surface area contributed by atoms with E-state index in [1.807, 2.05) is 12.1 Å². The summed E-state index contributed by atoms with van der Waals surface area (Å²) in [7, 11) is 0. The van der Waals surface area contributed by atoms with Gasteiger partial charge in [-0.3, -0.25) is 4.79 Å². The predicted molar refractivity (Wildman–Crippen MR) is 81.8 cm³/mol. The van der Waals surface area contributed by atoms with Crippen LogP contribution in [0.3, 0.4) is 0 Å². The molecule has 0 aliphatic heterocycles. The topological polar surface area (TPSA) is 81.1 Å². The van der Waals surface area contributed by atoms with Crippen LogP contribution in [0.15, 0.2) is 40.9 Å². The van der Waals surface area contributed by atoms with Gasteiger partial charge in [-0.1, -0.05) is 27.5 Å². The van der Waals surface area contributed by atoms with Crippen LogP contribution in [0.25, 0.3) is 0 Å².